The molecular formula is CH3ClK2O3. The number of carbonyl (C=O) groups is 1. The summed E-state index contributed by atoms with van der Waals surface area (Å²) in [5, 5.41) is 13.9. The van der Waals surface area contributed by atoms with Crippen LogP contribution in [0.25, 0.3) is 0 Å². The van der Waals surface area contributed by atoms with E-state index in [1.54, 1.807) is 0 Å². The van der Waals surface area contributed by atoms with Crippen molar-refractivity contribution >= 4 is 6.16 Å². The summed E-state index contributed by atoms with van der Waals surface area (Å²) in [4.78, 5) is 8.56. The van der Waals surface area contributed by atoms with Crippen LogP contribution in [0.4, 0.5) is 4.79 Å². The second-order valence-corrected chi connectivity index (χ2v) is 0.283. The van der Waals surface area contributed by atoms with Gasteiger partial charge in [0.25, 0.3) is 0 Å². The van der Waals surface area contributed by atoms with Crippen LogP contribution in [0.1, 0.15) is 1.43 Å². The Balaban J connectivity index is -0.00000000750. The van der Waals surface area contributed by atoms with Crippen LogP contribution >= 0.6 is 0 Å². The van der Waals surface area contributed by atoms with Gasteiger partial charge in [-0.2, -0.15) is 0 Å². The molecule has 0 aliphatic rings. The van der Waals surface area contributed by atoms with Crippen LogP contribution in [0.15, 0.2) is 0 Å². The van der Waals surface area contributed by atoms with Gasteiger partial charge in [0.2, 0.25) is 0 Å². The monoisotopic (exact) mass is 176 g/mol. The van der Waals surface area contributed by atoms with E-state index in [0.29, 0.717) is 0 Å². The van der Waals surface area contributed by atoms with E-state index < -0.39 is 6.16 Å². The first-order valence-electron chi connectivity index (χ1n) is 0.651. The number of hydrogen-bond donors (Lipinski definition) is 2. The molecule has 0 saturated carbocycles. The normalized spacial score (nSPS) is 3.43. The van der Waals surface area contributed by atoms with Crippen molar-refractivity contribution in [3.05, 3.63) is 0 Å². The van der Waals surface area contributed by atoms with Gasteiger partial charge in [0, 0.05) is 0 Å². The van der Waals surface area contributed by atoms with Crippen LogP contribution in [-0.2, 0) is 0 Å². The predicted octanol–water partition coefficient (Wildman–Crippen LogP) is -8.65. The minimum absolute atomic E-state index is 0. The maximum Gasteiger partial charge on any atom is 1.00 e. The van der Waals surface area contributed by atoms with Gasteiger partial charge in [0.15, 0.2) is 0 Å². The number of rotatable bonds is 0. The molecule has 0 heterocycles. The van der Waals surface area contributed by atoms with Gasteiger partial charge in [-0.1, -0.05) is 0 Å². The second-order valence-electron chi connectivity index (χ2n) is 0.283. The first-order chi connectivity index (χ1) is 1.73. The van der Waals surface area contributed by atoms with Crippen molar-refractivity contribution in [2.75, 3.05) is 0 Å². The Morgan fingerprint density at radius 1 is 1.29 bits per heavy atom. The molecule has 0 rings (SSSR count). The maximum atomic E-state index is 8.56. The summed E-state index contributed by atoms with van der Waals surface area (Å²) in [5.74, 6) is 0. The zero-order valence-electron chi connectivity index (χ0n) is 5.18. The van der Waals surface area contributed by atoms with Gasteiger partial charge >= 0.3 is 109 Å². The number of hydrogen-bond acceptors (Lipinski definition) is 1. The zero-order chi connectivity index (χ0) is 3.58. The third-order valence-corrected chi connectivity index (χ3v) is 0. The van der Waals surface area contributed by atoms with Crippen molar-refractivity contribution in [1.82, 2.24) is 0 Å². The van der Waals surface area contributed by atoms with Gasteiger partial charge in [-0.3, -0.25) is 0 Å². The van der Waals surface area contributed by atoms with E-state index in [9.17, 15) is 0 Å². The average molecular weight is 177 g/mol. The molecule has 0 aromatic heterocycles. The summed E-state index contributed by atoms with van der Waals surface area (Å²) >= 11 is 0. The molecule has 0 bridgehead atoms. The molecule has 0 fully saturated rings. The molecule has 0 aliphatic carbocycles. The van der Waals surface area contributed by atoms with E-state index in [0.717, 1.165) is 0 Å². The smallest absolute Gasteiger partial charge is 1.00 e. The molecule has 0 saturated heterocycles. The van der Waals surface area contributed by atoms with Crippen molar-refractivity contribution in [2.24, 2.45) is 0 Å². The number of carboxylic acid groups (broad SMARTS) is 2. The molecule has 7 heavy (non-hydrogen) atoms. The molecule has 0 amide bonds. The fraction of sp³-hybridized carbons (Fsp3) is 0. The second kappa shape index (κ2) is 15.9. The molecule has 0 unspecified atom stereocenters. The third kappa shape index (κ3) is 51.4. The first-order valence-corrected chi connectivity index (χ1v) is 0.651. The minimum atomic E-state index is -1.83. The van der Waals surface area contributed by atoms with Crippen molar-refractivity contribution in [1.29, 1.82) is 0 Å². The van der Waals surface area contributed by atoms with Gasteiger partial charge in [0.05, 0.1) is 0 Å². The average Bonchev–Trinajstić information content (AvgIpc) is 0.811. The van der Waals surface area contributed by atoms with Gasteiger partial charge < -0.3 is 24.0 Å². The van der Waals surface area contributed by atoms with E-state index in [1.165, 1.54) is 0 Å². The molecule has 0 aromatic rings. The Bertz CT molecular complexity index is 40.3. The van der Waals surface area contributed by atoms with Gasteiger partial charge in [0.1, 0.15) is 0 Å². The fourth-order valence-electron chi connectivity index (χ4n) is 0. The van der Waals surface area contributed by atoms with Gasteiger partial charge in [-0.05, 0) is 0 Å². The minimum Gasteiger partial charge on any atom is -1.00 e. The van der Waals surface area contributed by atoms with Crippen LogP contribution in [0.5, 0.6) is 0 Å². The summed E-state index contributed by atoms with van der Waals surface area (Å²) in [6.45, 7) is 0. The van der Waals surface area contributed by atoms with Gasteiger partial charge in [-0.25, -0.2) is 4.79 Å². The van der Waals surface area contributed by atoms with Crippen molar-refractivity contribution in [3.8, 4) is 0 Å². The van der Waals surface area contributed by atoms with Gasteiger partial charge in [-0.15, -0.1) is 0 Å². The van der Waals surface area contributed by atoms with Crippen LogP contribution in [-0.4, -0.2) is 16.4 Å². The van der Waals surface area contributed by atoms with E-state index in [-0.39, 0.29) is 117 Å². The van der Waals surface area contributed by atoms with Crippen LogP contribution in [0.2, 0.25) is 0 Å². The van der Waals surface area contributed by atoms with E-state index in [2.05, 4.69) is 0 Å². The topological polar surface area (TPSA) is 57.5 Å². The Morgan fingerprint density at radius 3 is 1.29 bits per heavy atom. The van der Waals surface area contributed by atoms with Crippen LogP contribution in [0, 0.1) is 0 Å². The summed E-state index contributed by atoms with van der Waals surface area (Å²) in [6.07, 6.45) is -1.83. The Morgan fingerprint density at radius 2 is 1.29 bits per heavy atom. The summed E-state index contributed by atoms with van der Waals surface area (Å²) < 4.78 is 0. The molecular weight excluding hydrogens is 174 g/mol. The zero-order valence-corrected chi connectivity index (χ0v) is 11.2. The molecule has 0 aliphatic heterocycles. The largest absolute Gasteiger partial charge is 1.00 e. The molecule has 3 nitrogen and oxygen atoms in total. The van der Waals surface area contributed by atoms with E-state index >= 15 is 0 Å². The molecule has 2 N–H and O–H groups in total. The molecule has 0 atom stereocenters. The first kappa shape index (κ1) is 22.5. The Hall–Kier alpha value is 2.83. The predicted molar refractivity (Wildman–Crippen MR) is 11.8 cm³/mol. The molecule has 0 radical (unpaired) electrons. The maximum absolute atomic E-state index is 8.56. The fourth-order valence-corrected chi connectivity index (χ4v) is 0. The molecule has 34 valence electrons. The summed E-state index contributed by atoms with van der Waals surface area (Å²) in [6, 6.07) is 0. The van der Waals surface area contributed by atoms with Crippen LogP contribution in [0.3, 0.4) is 0 Å². The van der Waals surface area contributed by atoms with E-state index in [4.69, 9.17) is 15.0 Å². The SMILES string of the molecule is O=C(O)O.[Cl-].[H-].[K+].[K+]. The van der Waals surface area contributed by atoms with E-state index in [1.807, 2.05) is 0 Å². The molecule has 0 aromatic carbocycles. The van der Waals surface area contributed by atoms with Crippen LogP contribution < -0.4 is 115 Å². The summed E-state index contributed by atoms with van der Waals surface area (Å²) in [7, 11) is 0. The standard InChI is InChI=1S/CH2O3.ClH.2K.H/c2-1(3)4;;;;/h(H2,2,3,4);1H;;;/q;;2*+1;-1/p-1. The van der Waals surface area contributed by atoms with Crippen molar-refractivity contribution in [3.63, 3.8) is 0 Å². The quantitative estimate of drug-likeness (QED) is 0.361. The summed E-state index contributed by atoms with van der Waals surface area (Å²) in [5.41, 5.74) is 0. The third-order valence-electron chi connectivity index (χ3n) is 0. The van der Waals surface area contributed by atoms with Crippen molar-refractivity contribution in [2.45, 2.75) is 0 Å². The Labute approximate surface area is 134 Å². The molecule has 0 spiro atoms. The number of halogens is 1. The molecule has 6 heteroatoms. The van der Waals surface area contributed by atoms with Crippen molar-refractivity contribution < 1.29 is 132 Å². The Kier molecular flexibility index (Phi) is 51.3.